The highest BCUT2D eigenvalue weighted by Crippen LogP contribution is 2.19. The van der Waals surface area contributed by atoms with Crippen molar-refractivity contribution < 1.29 is 0 Å². The highest BCUT2D eigenvalue weighted by molar-refractivity contribution is 7.12. The molecule has 0 saturated carbocycles. The minimum absolute atomic E-state index is 0.385. The van der Waals surface area contributed by atoms with Crippen molar-refractivity contribution in [2.45, 2.75) is 19.8 Å². The summed E-state index contributed by atoms with van der Waals surface area (Å²) in [5.41, 5.74) is 3.48. The summed E-state index contributed by atoms with van der Waals surface area (Å²) in [4.78, 5) is 8.60. The Labute approximate surface area is 86.1 Å². The van der Waals surface area contributed by atoms with E-state index in [0.29, 0.717) is 5.92 Å². The lowest BCUT2D eigenvalue weighted by Gasteiger charge is -2.03. The Bertz CT molecular complexity index is 411. The van der Waals surface area contributed by atoms with Crippen molar-refractivity contribution in [2.75, 3.05) is 0 Å². The van der Waals surface area contributed by atoms with E-state index in [1.807, 2.05) is 0 Å². The van der Waals surface area contributed by atoms with Crippen LogP contribution in [0.15, 0.2) is 17.9 Å². The molecule has 72 valence electrons. The van der Waals surface area contributed by atoms with E-state index in [2.05, 4.69) is 34.0 Å². The van der Waals surface area contributed by atoms with Crippen LogP contribution in [0, 0.1) is 0 Å². The second-order valence-electron chi connectivity index (χ2n) is 3.23. The van der Waals surface area contributed by atoms with E-state index in [9.17, 15) is 0 Å². The fourth-order valence-electron chi connectivity index (χ4n) is 1.05. The molecule has 14 heavy (non-hydrogen) atoms. The smallest absolute Gasteiger partial charge is 0.167 e. The summed E-state index contributed by atoms with van der Waals surface area (Å²) in [5.74, 6) is 0.385. The average Bonchev–Trinajstić information content (AvgIpc) is 2.71. The lowest BCUT2D eigenvalue weighted by Crippen LogP contribution is -1.95. The molecule has 0 aliphatic heterocycles. The second kappa shape index (κ2) is 3.79. The standard InChI is InChI=1S/C9H10N4S/c1-6(2)7-3-10-4-8(12-7)9-13-11-5-14-9/h3-6H,1-2H3. The van der Waals surface area contributed by atoms with E-state index in [-0.39, 0.29) is 0 Å². The van der Waals surface area contributed by atoms with Crippen LogP contribution >= 0.6 is 11.3 Å². The van der Waals surface area contributed by atoms with Crippen LogP contribution in [0.5, 0.6) is 0 Å². The Kier molecular flexibility index (Phi) is 2.49. The number of rotatable bonds is 2. The van der Waals surface area contributed by atoms with Gasteiger partial charge in [0.05, 0.1) is 11.9 Å². The molecule has 0 aromatic carbocycles. The molecule has 0 N–H and O–H groups in total. The van der Waals surface area contributed by atoms with Gasteiger partial charge in [-0.05, 0) is 5.92 Å². The molecule has 0 aliphatic carbocycles. The van der Waals surface area contributed by atoms with Gasteiger partial charge < -0.3 is 0 Å². The second-order valence-corrected chi connectivity index (χ2v) is 4.06. The van der Waals surface area contributed by atoms with Crippen molar-refractivity contribution in [3.8, 4) is 10.7 Å². The van der Waals surface area contributed by atoms with Crippen LogP contribution in [0.4, 0.5) is 0 Å². The number of aromatic nitrogens is 4. The summed E-state index contributed by atoms with van der Waals surface area (Å²) < 4.78 is 0. The van der Waals surface area contributed by atoms with Gasteiger partial charge in [0.25, 0.3) is 0 Å². The zero-order chi connectivity index (χ0) is 9.97. The molecule has 4 nitrogen and oxygen atoms in total. The van der Waals surface area contributed by atoms with Gasteiger partial charge >= 0.3 is 0 Å². The van der Waals surface area contributed by atoms with Gasteiger partial charge in [0.15, 0.2) is 5.01 Å². The van der Waals surface area contributed by atoms with Crippen molar-refractivity contribution in [1.29, 1.82) is 0 Å². The number of nitrogens with zero attached hydrogens (tertiary/aromatic N) is 4. The molecule has 2 heterocycles. The van der Waals surface area contributed by atoms with Crippen molar-refractivity contribution in [3.05, 3.63) is 23.6 Å². The summed E-state index contributed by atoms with van der Waals surface area (Å²) >= 11 is 1.47. The van der Waals surface area contributed by atoms with Crippen LogP contribution in [0.2, 0.25) is 0 Å². The third-order valence-corrected chi connectivity index (χ3v) is 2.54. The predicted octanol–water partition coefficient (Wildman–Crippen LogP) is 2.12. The first-order valence-corrected chi connectivity index (χ1v) is 5.24. The van der Waals surface area contributed by atoms with E-state index in [4.69, 9.17) is 0 Å². The molecule has 2 rings (SSSR count). The van der Waals surface area contributed by atoms with E-state index in [0.717, 1.165) is 16.4 Å². The lowest BCUT2D eigenvalue weighted by molar-refractivity contribution is 0.813. The van der Waals surface area contributed by atoms with Gasteiger partial charge in [-0.1, -0.05) is 25.2 Å². The normalized spacial score (nSPS) is 10.8. The molecule has 0 saturated heterocycles. The lowest BCUT2D eigenvalue weighted by atomic mass is 10.1. The molecule has 0 bridgehead atoms. The first-order valence-electron chi connectivity index (χ1n) is 4.36. The van der Waals surface area contributed by atoms with Crippen LogP contribution in [0.1, 0.15) is 25.5 Å². The molecule has 2 aromatic rings. The van der Waals surface area contributed by atoms with Gasteiger partial charge in [0, 0.05) is 6.20 Å². The third-order valence-electron chi connectivity index (χ3n) is 1.82. The Morgan fingerprint density at radius 1 is 1.29 bits per heavy atom. The Morgan fingerprint density at radius 3 is 2.79 bits per heavy atom. The summed E-state index contributed by atoms with van der Waals surface area (Å²) in [6.07, 6.45) is 3.50. The molecular weight excluding hydrogens is 196 g/mol. The highest BCUT2D eigenvalue weighted by atomic mass is 32.1. The van der Waals surface area contributed by atoms with E-state index in [1.165, 1.54) is 11.3 Å². The Balaban J connectivity index is 2.41. The molecule has 2 aromatic heterocycles. The zero-order valence-electron chi connectivity index (χ0n) is 8.01. The van der Waals surface area contributed by atoms with Crippen molar-refractivity contribution >= 4 is 11.3 Å². The fourth-order valence-corrected chi connectivity index (χ4v) is 1.55. The maximum Gasteiger partial charge on any atom is 0.167 e. The van der Waals surface area contributed by atoms with Crippen molar-refractivity contribution in [3.63, 3.8) is 0 Å². The van der Waals surface area contributed by atoms with E-state index >= 15 is 0 Å². The first-order chi connectivity index (χ1) is 6.77. The summed E-state index contributed by atoms with van der Waals surface area (Å²) in [7, 11) is 0. The number of hydrogen-bond donors (Lipinski definition) is 0. The third kappa shape index (κ3) is 1.77. The SMILES string of the molecule is CC(C)c1cncc(-c2nncs2)n1. The van der Waals surface area contributed by atoms with Gasteiger partial charge in [0.2, 0.25) is 0 Å². The largest absolute Gasteiger partial charge is 0.260 e. The first kappa shape index (κ1) is 9.21. The summed E-state index contributed by atoms with van der Waals surface area (Å²) in [6, 6.07) is 0. The summed E-state index contributed by atoms with van der Waals surface area (Å²) in [5, 5.41) is 8.55. The minimum atomic E-state index is 0.385. The maximum atomic E-state index is 4.46. The monoisotopic (exact) mass is 206 g/mol. The van der Waals surface area contributed by atoms with Crippen LogP contribution in [-0.4, -0.2) is 20.2 Å². The molecule has 0 aliphatic rings. The minimum Gasteiger partial charge on any atom is -0.260 e. The molecule has 0 amide bonds. The fraction of sp³-hybridized carbons (Fsp3) is 0.333. The maximum absolute atomic E-state index is 4.46. The quantitative estimate of drug-likeness (QED) is 0.755. The van der Waals surface area contributed by atoms with Gasteiger partial charge in [0.1, 0.15) is 11.2 Å². The zero-order valence-corrected chi connectivity index (χ0v) is 8.82. The van der Waals surface area contributed by atoms with Crippen LogP contribution in [0.25, 0.3) is 10.7 Å². The topological polar surface area (TPSA) is 51.6 Å². The average molecular weight is 206 g/mol. The summed E-state index contributed by atoms with van der Waals surface area (Å²) in [6.45, 7) is 4.18. The van der Waals surface area contributed by atoms with Crippen LogP contribution in [-0.2, 0) is 0 Å². The molecular formula is C9H10N4S. The molecule has 0 fully saturated rings. The number of hydrogen-bond acceptors (Lipinski definition) is 5. The van der Waals surface area contributed by atoms with Gasteiger partial charge in [-0.15, -0.1) is 10.2 Å². The Morgan fingerprint density at radius 2 is 2.14 bits per heavy atom. The van der Waals surface area contributed by atoms with Crippen LogP contribution in [0.3, 0.4) is 0 Å². The molecule has 0 unspecified atom stereocenters. The molecule has 0 radical (unpaired) electrons. The molecule has 0 spiro atoms. The van der Waals surface area contributed by atoms with Crippen molar-refractivity contribution in [2.24, 2.45) is 0 Å². The van der Waals surface area contributed by atoms with Crippen LogP contribution < -0.4 is 0 Å². The van der Waals surface area contributed by atoms with Gasteiger partial charge in [-0.25, -0.2) is 4.98 Å². The van der Waals surface area contributed by atoms with E-state index < -0.39 is 0 Å². The van der Waals surface area contributed by atoms with Gasteiger partial charge in [-0.2, -0.15) is 0 Å². The predicted molar refractivity (Wildman–Crippen MR) is 55.0 cm³/mol. The van der Waals surface area contributed by atoms with Gasteiger partial charge in [-0.3, -0.25) is 4.98 Å². The molecule has 0 atom stereocenters. The van der Waals surface area contributed by atoms with E-state index in [1.54, 1.807) is 17.9 Å². The molecule has 5 heteroatoms. The van der Waals surface area contributed by atoms with Crippen molar-refractivity contribution in [1.82, 2.24) is 20.2 Å². The highest BCUT2D eigenvalue weighted by Gasteiger charge is 2.06. The Hall–Kier alpha value is -1.36.